The molecule has 1 aliphatic carbocycles. The van der Waals surface area contributed by atoms with Crippen molar-refractivity contribution in [1.29, 1.82) is 0 Å². The van der Waals surface area contributed by atoms with Crippen molar-refractivity contribution in [3.63, 3.8) is 0 Å². The van der Waals surface area contributed by atoms with Crippen molar-refractivity contribution in [2.45, 2.75) is 44.3 Å². The maximum atomic E-state index is 11.8. The second-order valence-electron chi connectivity index (χ2n) is 4.40. The van der Waals surface area contributed by atoms with Gasteiger partial charge in [0, 0.05) is 12.6 Å². The summed E-state index contributed by atoms with van der Waals surface area (Å²) in [5.74, 6) is 0.611. The summed E-state index contributed by atoms with van der Waals surface area (Å²) in [7, 11) is 1.95. The summed E-state index contributed by atoms with van der Waals surface area (Å²) >= 11 is 0. The lowest BCUT2D eigenvalue weighted by molar-refractivity contribution is -0.174. The predicted octanol–water partition coefficient (Wildman–Crippen LogP) is 2.73. The summed E-state index contributed by atoms with van der Waals surface area (Å²) in [5.41, 5.74) is 0. The summed E-state index contributed by atoms with van der Waals surface area (Å²) in [6.07, 6.45) is 1.08. The van der Waals surface area contributed by atoms with E-state index >= 15 is 0 Å². The number of nitrogens with one attached hydrogen (secondary N) is 1. The molecular formula is C11H20F3NO. The Balaban J connectivity index is 2.03. The van der Waals surface area contributed by atoms with E-state index < -0.39 is 12.8 Å². The minimum absolute atomic E-state index is 0.215. The molecule has 1 rings (SSSR count). The van der Waals surface area contributed by atoms with E-state index in [0.717, 1.165) is 12.8 Å². The molecule has 0 aliphatic heterocycles. The molecule has 0 radical (unpaired) electrons. The average molecular weight is 239 g/mol. The SMILES string of the molecule is CNC1CCCC1CCCOCC(F)(F)F. The van der Waals surface area contributed by atoms with Gasteiger partial charge in [0.15, 0.2) is 0 Å². The molecule has 0 heterocycles. The molecular weight excluding hydrogens is 219 g/mol. The molecule has 0 bridgehead atoms. The van der Waals surface area contributed by atoms with Gasteiger partial charge in [0.1, 0.15) is 6.61 Å². The molecule has 1 fully saturated rings. The average Bonchev–Trinajstić information content (AvgIpc) is 2.63. The van der Waals surface area contributed by atoms with Crippen molar-refractivity contribution in [2.24, 2.45) is 5.92 Å². The van der Waals surface area contributed by atoms with Crippen molar-refractivity contribution in [3.8, 4) is 0 Å². The van der Waals surface area contributed by atoms with Crippen LogP contribution in [0.3, 0.4) is 0 Å². The molecule has 0 spiro atoms. The molecule has 0 aromatic carbocycles. The van der Waals surface area contributed by atoms with Gasteiger partial charge < -0.3 is 10.1 Å². The first-order chi connectivity index (χ1) is 7.53. The fourth-order valence-electron chi connectivity index (χ4n) is 2.40. The van der Waals surface area contributed by atoms with Crippen LogP contribution in [0.5, 0.6) is 0 Å². The zero-order chi connectivity index (χ0) is 12.0. The predicted molar refractivity (Wildman–Crippen MR) is 56.3 cm³/mol. The molecule has 0 aromatic heterocycles. The first-order valence-electron chi connectivity index (χ1n) is 5.84. The van der Waals surface area contributed by atoms with Gasteiger partial charge in [0.05, 0.1) is 0 Å². The zero-order valence-corrected chi connectivity index (χ0v) is 9.65. The third kappa shape index (κ3) is 5.16. The molecule has 2 atom stereocenters. The third-order valence-electron chi connectivity index (χ3n) is 3.16. The lowest BCUT2D eigenvalue weighted by atomic mass is 9.98. The largest absolute Gasteiger partial charge is 0.411 e. The number of ether oxygens (including phenoxy) is 1. The van der Waals surface area contributed by atoms with Crippen LogP contribution in [0, 0.1) is 5.92 Å². The smallest absolute Gasteiger partial charge is 0.372 e. The van der Waals surface area contributed by atoms with E-state index in [0.29, 0.717) is 12.0 Å². The molecule has 5 heteroatoms. The van der Waals surface area contributed by atoms with E-state index in [1.807, 2.05) is 7.05 Å². The van der Waals surface area contributed by atoms with E-state index in [4.69, 9.17) is 0 Å². The minimum Gasteiger partial charge on any atom is -0.372 e. The highest BCUT2D eigenvalue weighted by Crippen LogP contribution is 2.29. The molecule has 0 aromatic rings. The molecule has 96 valence electrons. The Morgan fingerprint density at radius 2 is 2.06 bits per heavy atom. The first-order valence-corrected chi connectivity index (χ1v) is 5.84. The van der Waals surface area contributed by atoms with Crippen molar-refractivity contribution < 1.29 is 17.9 Å². The van der Waals surface area contributed by atoms with Gasteiger partial charge in [-0.05, 0) is 38.6 Å². The number of hydrogen-bond acceptors (Lipinski definition) is 2. The van der Waals surface area contributed by atoms with Crippen LogP contribution in [0.4, 0.5) is 13.2 Å². The van der Waals surface area contributed by atoms with E-state index in [-0.39, 0.29) is 6.61 Å². The van der Waals surface area contributed by atoms with Crippen LogP contribution in [0.2, 0.25) is 0 Å². The monoisotopic (exact) mass is 239 g/mol. The Morgan fingerprint density at radius 1 is 1.31 bits per heavy atom. The molecule has 2 nitrogen and oxygen atoms in total. The maximum Gasteiger partial charge on any atom is 0.411 e. The summed E-state index contributed by atoms with van der Waals surface area (Å²) in [4.78, 5) is 0. The highest BCUT2D eigenvalue weighted by molar-refractivity contribution is 4.81. The highest BCUT2D eigenvalue weighted by atomic mass is 19.4. The number of halogens is 3. The Bertz CT molecular complexity index is 196. The lowest BCUT2D eigenvalue weighted by Crippen LogP contribution is -2.29. The second kappa shape index (κ2) is 6.45. The summed E-state index contributed by atoms with van der Waals surface area (Å²) in [6, 6.07) is 0.544. The molecule has 2 unspecified atom stereocenters. The number of hydrogen-bond donors (Lipinski definition) is 1. The van der Waals surface area contributed by atoms with Crippen LogP contribution >= 0.6 is 0 Å². The van der Waals surface area contributed by atoms with Gasteiger partial charge in [0.2, 0.25) is 0 Å². The van der Waals surface area contributed by atoms with Crippen LogP contribution in [0.15, 0.2) is 0 Å². The Kier molecular flexibility index (Phi) is 5.55. The third-order valence-corrected chi connectivity index (χ3v) is 3.16. The molecule has 0 amide bonds. The fraction of sp³-hybridized carbons (Fsp3) is 1.00. The first kappa shape index (κ1) is 13.8. The van der Waals surface area contributed by atoms with Crippen LogP contribution in [-0.2, 0) is 4.74 Å². The zero-order valence-electron chi connectivity index (χ0n) is 9.65. The molecule has 1 N–H and O–H groups in total. The van der Waals surface area contributed by atoms with Gasteiger partial charge in [0.25, 0.3) is 0 Å². The van der Waals surface area contributed by atoms with E-state index in [2.05, 4.69) is 10.1 Å². The lowest BCUT2D eigenvalue weighted by Gasteiger charge is -2.18. The molecule has 0 saturated heterocycles. The van der Waals surface area contributed by atoms with Gasteiger partial charge in [-0.3, -0.25) is 0 Å². The molecule has 1 saturated carbocycles. The highest BCUT2D eigenvalue weighted by Gasteiger charge is 2.28. The van der Waals surface area contributed by atoms with Gasteiger partial charge in [-0.1, -0.05) is 6.42 Å². The van der Waals surface area contributed by atoms with Crippen molar-refractivity contribution in [3.05, 3.63) is 0 Å². The summed E-state index contributed by atoms with van der Waals surface area (Å²) < 4.78 is 39.9. The normalized spacial score (nSPS) is 26.2. The van der Waals surface area contributed by atoms with Gasteiger partial charge in [-0.15, -0.1) is 0 Å². The fourth-order valence-corrected chi connectivity index (χ4v) is 2.40. The topological polar surface area (TPSA) is 21.3 Å². The van der Waals surface area contributed by atoms with E-state index in [1.165, 1.54) is 19.3 Å². The van der Waals surface area contributed by atoms with Crippen LogP contribution in [0.1, 0.15) is 32.1 Å². The molecule has 16 heavy (non-hydrogen) atoms. The Morgan fingerprint density at radius 3 is 2.69 bits per heavy atom. The Labute approximate surface area is 94.5 Å². The molecule has 1 aliphatic rings. The van der Waals surface area contributed by atoms with Crippen LogP contribution in [-0.4, -0.2) is 32.5 Å². The van der Waals surface area contributed by atoms with E-state index in [1.54, 1.807) is 0 Å². The Hall–Kier alpha value is -0.290. The standard InChI is InChI=1S/C11H20F3NO/c1-15-10-6-2-4-9(10)5-3-7-16-8-11(12,13)14/h9-10,15H,2-8H2,1H3. The van der Waals surface area contributed by atoms with Crippen molar-refractivity contribution in [1.82, 2.24) is 5.32 Å². The number of rotatable bonds is 6. The van der Waals surface area contributed by atoms with Gasteiger partial charge in [-0.25, -0.2) is 0 Å². The van der Waals surface area contributed by atoms with Crippen LogP contribution in [0.25, 0.3) is 0 Å². The van der Waals surface area contributed by atoms with Crippen molar-refractivity contribution >= 4 is 0 Å². The van der Waals surface area contributed by atoms with E-state index in [9.17, 15) is 13.2 Å². The maximum absolute atomic E-state index is 11.8. The second-order valence-corrected chi connectivity index (χ2v) is 4.40. The van der Waals surface area contributed by atoms with Crippen molar-refractivity contribution in [2.75, 3.05) is 20.3 Å². The van der Waals surface area contributed by atoms with Gasteiger partial charge in [-0.2, -0.15) is 13.2 Å². The van der Waals surface area contributed by atoms with Crippen LogP contribution < -0.4 is 5.32 Å². The summed E-state index contributed by atoms with van der Waals surface area (Å²) in [5, 5.41) is 3.26. The summed E-state index contributed by atoms with van der Waals surface area (Å²) in [6.45, 7) is -0.903. The van der Waals surface area contributed by atoms with Gasteiger partial charge >= 0.3 is 6.18 Å². The minimum atomic E-state index is -4.19. The number of alkyl halides is 3. The quantitative estimate of drug-likeness (QED) is 0.720.